The highest BCUT2D eigenvalue weighted by Crippen LogP contribution is 2.14. The molecule has 5 nitrogen and oxygen atoms in total. The van der Waals surface area contributed by atoms with Crippen LogP contribution in [0.25, 0.3) is 0 Å². The van der Waals surface area contributed by atoms with Gasteiger partial charge in [-0.1, -0.05) is 26.0 Å². The van der Waals surface area contributed by atoms with Crippen molar-refractivity contribution in [1.82, 2.24) is 14.5 Å². The monoisotopic (exact) mass is 321 g/mol. The number of benzene rings is 1. The van der Waals surface area contributed by atoms with E-state index in [1.165, 1.54) is 0 Å². The normalized spacial score (nSPS) is 12.0. The largest absolute Gasteiger partial charge is 0.273 e. The molecule has 0 fully saturated rings. The lowest BCUT2D eigenvalue weighted by molar-refractivity contribution is 0.581. The highest BCUT2D eigenvalue weighted by atomic mass is 32.2. The molecule has 1 N–H and O–H groups in total. The van der Waals surface area contributed by atoms with Crippen molar-refractivity contribution in [3.05, 3.63) is 47.3 Å². The summed E-state index contributed by atoms with van der Waals surface area (Å²) in [6.45, 7) is 6.44. The summed E-state index contributed by atoms with van der Waals surface area (Å²) in [7, 11) is -1.66. The van der Waals surface area contributed by atoms with Crippen LogP contribution in [-0.2, 0) is 30.0 Å². The van der Waals surface area contributed by atoms with Gasteiger partial charge in [0.25, 0.3) is 0 Å². The summed E-state index contributed by atoms with van der Waals surface area (Å²) in [6.07, 6.45) is 2.63. The Balaban J connectivity index is 2.08. The quantitative estimate of drug-likeness (QED) is 0.888. The van der Waals surface area contributed by atoms with E-state index >= 15 is 0 Å². The predicted octanol–water partition coefficient (Wildman–Crippen LogP) is 2.41. The first-order valence-corrected chi connectivity index (χ1v) is 8.84. The van der Waals surface area contributed by atoms with Gasteiger partial charge in [-0.3, -0.25) is 4.68 Å². The minimum Gasteiger partial charge on any atom is -0.273 e. The molecule has 0 amide bonds. The van der Waals surface area contributed by atoms with Crippen molar-refractivity contribution < 1.29 is 8.42 Å². The molecule has 1 aromatic carbocycles. The molecule has 1 aromatic heterocycles. The van der Waals surface area contributed by atoms with Crippen LogP contribution in [0, 0.1) is 12.8 Å². The topological polar surface area (TPSA) is 64.0 Å². The van der Waals surface area contributed by atoms with Crippen LogP contribution < -0.4 is 4.72 Å². The van der Waals surface area contributed by atoms with Gasteiger partial charge in [-0.05, 0) is 37.0 Å². The van der Waals surface area contributed by atoms with E-state index in [2.05, 4.69) is 23.7 Å². The van der Waals surface area contributed by atoms with E-state index in [-0.39, 0.29) is 6.54 Å². The standard InChI is InChI=1S/C16H23N3O2S/c1-12(2)9-14-5-7-16(8-6-14)22(20,21)18-11-15-10-17-19(4)13(15)3/h5-8,10,12,18H,9,11H2,1-4H3. The van der Waals surface area contributed by atoms with Crippen LogP contribution >= 0.6 is 0 Å². The van der Waals surface area contributed by atoms with Crippen molar-refractivity contribution in [2.75, 3.05) is 0 Å². The molecule has 0 radical (unpaired) electrons. The lowest BCUT2D eigenvalue weighted by Gasteiger charge is -2.09. The number of hydrogen-bond donors (Lipinski definition) is 1. The number of hydrogen-bond acceptors (Lipinski definition) is 3. The van der Waals surface area contributed by atoms with Gasteiger partial charge in [-0.2, -0.15) is 5.10 Å². The van der Waals surface area contributed by atoms with Crippen molar-refractivity contribution in [1.29, 1.82) is 0 Å². The third-order valence-corrected chi connectivity index (χ3v) is 5.08. The van der Waals surface area contributed by atoms with Crippen molar-refractivity contribution in [2.24, 2.45) is 13.0 Å². The first kappa shape index (κ1) is 16.7. The second-order valence-electron chi connectivity index (χ2n) is 5.95. The summed E-state index contributed by atoms with van der Waals surface area (Å²) in [5, 5.41) is 4.11. The molecule has 0 spiro atoms. The van der Waals surface area contributed by atoms with E-state index in [0.29, 0.717) is 10.8 Å². The third kappa shape index (κ3) is 3.96. The van der Waals surface area contributed by atoms with Crippen molar-refractivity contribution in [2.45, 2.75) is 38.6 Å². The lowest BCUT2D eigenvalue weighted by atomic mass is 10.0. The average Bonchev–Trinajstić information content (AvgIpc) is 2.77. The number of nitrogens with zero attached hydrogens (tertiary/aromatic N) is 2. The summed E-state index contributed by atoms with van der Waals surface area (Å²) in [5.41, 5.74) is 2.98. The third-order valence-electron chi connectivity index (χ3n) is 3.67. The van der Waals surface area contributed by atoms with Crippen LogP contribution in [0.4, 0.5) is 0 Å². The molecule has 0 aliphatic rings. The van der Waals surface area contributed by atoms with E-state index in [0.717, 1.165) is 23.2 Å². The minimum atomic E-state index is -3.50. The van der Waals surface area contributed by atoms with Gasteiger partial charge in [0.1, 0.15) is 0 Å². The van der Waals surface area contributed by atoms with Crippen LogP contribution in [0.15, 0.2) is 35.4 Å². The lowest BCUT2D eigenvalue weighted by Crippen LogP contribution is -2.23. The zero-order chi connectivity index (χ0) is 16.3. The maximum atomic E-state index is 12.3. The molecule has 0 atom stereocenters. The molecule has 0 aliphatic heterocycles. The molecule has 0 saturated carbocycles. The Bertz CT molecular complexity index is 731. The second kappa shape index (κ2) is 6.62. The average molecular weight is 321 g/mol. The second-order valence-corrected chi connectivity index (χ2v) is 7.71. The minimum absolute atomic E-state index is 0.246. The molecule has 120 valence electrons. The van der Waals surface area contributed by atoms with Gasteiger partial charge >= 0.3 is 0 Å². The molecular weight excluding hydrogens is 298 g/mol. The van der Waals surface area contributed by atoms with E-state index in [1.807, 2.05) is 26.1 Å². The Labute approximate surface area is 132 Å². The number of aryl methyl sites for hydroxylation is 1. The van der Waals surface area contributed by atoms with E-state index < -0.39 is 10.0 Å². The first-order chi connectivity index (χ1) is 10.3. The Kier molecular flexibility index (Phi) is 5.03. The van der Waals surface area contributed by atoms with E-state index in [4.69, 9.17) is 0 Å². The molecule has 0 bridgehead atoms. The summed E-state index contributed by atoms with van der Waals surface area (Å²) in [6, 6.07) is 7.08. The fraction of sp³-hybridized carbons (Fsp3) is 0.438. The predicted molar refractivity (Wildman–Crippen MR) is 87.0 cm³/mol. The molecule has 6 heteroatoms. The van der Waals surface area contributed by atoms with E-state index in [9.17, 15) is 8.42 Å². The van der Waals surface area contributed by atoms with E-state index in [1.54, 1.807) is 23.0 Å². The molecule has 1 heterocycles. The smallest absolute Gasteiger partial charge is 0.240 e. The molecule has 2 rings (SSSR count). The molecular formula is C16H23N3O2S. The van der Waals surface area contributed by atoms with Crippen molar-refractivity contribution >= 4 is 10.0 Å². The number of sulfonamides is 1. The maximum absolute atomic E-state index is 12.3. The van der Waals surface area contributed by atoms with Gasteiger partial charge in [-0.25, -0.2) is 13.1 Å². The highest BCUT2D eigenvalue weighted by molar-refractivity contribution is 7.89. The van der Waals surface area contributed by atoms with Crippen LogP contribution in [-0.4, -0.2) is 18.2 Å². The SMILES string of the molecule is Cc1c(CNS(=O)(=O)c2ccc(CC(C)C)cc2)cnn1C. The van der Waals surface area contributed by atoms with Gasteiger partial charge < -0.3 is 0 Å². The molecule has 22 heavy (non-hydrogen) atoms. The van der Waals surface area contributed by atoms with Gasteiger partial charge in [0, 0.05) is 24.8 Å². The molecule has 0 unspecified atom stereocenters. The zero-order valence-corrected chi connectivity index (χ0v) is 14.3. The number of rotatable bonds is 6. The first-order valence-electron chi connectivity index (χ1n) is 7.35. The number of aromatic nitrogens is 2. The van der Waals surface area contributed by atoms with Crippen LogP contribution in [0.5, 0.6) is 0 Å². The molecule has 0 saturated heterocycles. The molecule has 2 aromatic rings. The van der Waals surface area contributed by atoms with Gasteiger partial charge in [0.2, 0.25) is 10.0 Å². The van der Waals surface area contributed by atoms with Crippen molar-refractivity contribution in [3.8, 4) is 0 Å². The molecule has 0 aliphatic carbocycles. The number of nitrogens with one attached hydrogen (secondary N) is 1. The van der Waals surface area contributed by atoms with Gasteiger partial charge in [0.15, 0.2) is 0 Å². The fourth-order valence-corrected chi connectivity index (χ4v) is 3.26. The Morgan fingerprint density at radius 1 is 1.23 bits per heavy atom. The maximum Gasteiger partial charge on any atom is 0.240 e. The Morgan fingerprint density at radius 3 is 2.36 bits per heavy atom. The Morgan fingerprint density at radius 2 is 1.86 bits per heavy atom. The fourth-order valence-electron chi connectivity index (χ4n) is 2.25. The Hall–Kier alpha value is -1.66. The van der Waals surface area contributed by atoms with Crippen molar-refractivity contribution in [3.63, 3.8) is 0 Å². The summed E-state index contributed by atoms with van der Waals surface area (Å²) in [5.74, 6) is 0.550. The van der Waals surface area contributed by atoms with Gasteiger partial charge in [-0.15, -0.1) is 0 Å². The summed E-state index contributed by atoms with van der Waals surface area (Å²) in [4.78, 5) is 0.293. The summed E-state index contributed by atoms with van der Waals surface area (Å²) >= 11 is 0. The van der Waals surface area contributed by atoms with Crippen LogP contribution in [0.1, 0.15) is 30.7 Å². The highest BCUT2D eigenvalue weighted by Gasteiger charge is 2.15. The van der Waals surface area contributed by atoms with Crippen LogP contribution in [0.2, 0.25) is 0 Å². The zero-order valence-electron chi connectivity index (χ0n) is 13.5. The van der Waals surface area contributed by atoms with Gasteiger partial charge in [0.05, 0.1) is 11.1 Å². The van der Waals surface area contributed by atoms with Crippen LogP contribution in [0.3, 0.4) is 0 Å². The summed E-state index contributed by atoms with van der Waals surface area (Å²) < 4.78 is 29.0.